The van der Waals surface area contributed by atoms with Gasteiger partial charge in [0.05, 0.1) is 12.5 Å². The molecule has 0 spiro atoms. The molecule has 1 aromatic carbocycles. The Morgan fingerprint density at radius 2 is 2.18 bits per heavy atom. The number of carbonyl (C=O) groups is 1. The molecule has 0 saturated heterocycles. The molecule has 0 aromatic heterocycles. The molecular weight excluding hydrogens is 227 g/mol. The van der Waals surface area contributed by atoms with E-state index in [4.69, 9.17) is 11.0 Å². The first-order chi connectivity index (χ1) is 7.97. The van der Waals surface area contributed by atoms with Gasteiger partial charge in [0.25, 0.3) is 0 Å². The van der Waals surface area contributed by atoms with E-state index in [1.165, 1.54) is 12.1 Å². The van der Waals surface area contributed by atoms with Gasteiger partial charge in [-0.3, -0.25) is 4.79 Å². The Labute approximate surface area is 96.9 Å². The third-order valence-corrected chi connectivity index (χ3v) is 2.27. The fraction of sp³-hybridized carbons (Fsp3) is 0.273. The SMILES string of the molecule is N#CCc1cc(C(O)C(O)C(N)=O)ccc1F. The molecule has 0 radical (unpaired) electrons. The van der Waals surface area contributed by atoms with Crippen LogP contribution in [0.4, 0.5) is 4.39 Å². The Balaban J connectivity index is 3.03. The summed E-state index contributed by atoms with van der Waals surface area (Å²) in [4.78, 5) is 10.7. The average Bonchev–Trinajstić information content (AvgIpc) is 2.30. The molecule has 0 aliphatic carbocycles. The highest BCUT2D eigenvalue weighted by Gasteiger charge is 2.23. The lowest BCUT2D eigenvalue weighted by Crippen LogP contribution is -2.33. The molecule has 1 rings (SSSR count). The van der Waals surface area contributed by atoms with E-state index in [9.17, 15) is 19.4 Å². The van der Waals surface area contributed by atoms with Gasteiger partial charge in [0.2, 0.25) is 5.91 Å². The van der Waals surface area contributed by atoms with E-state index in [0.29, 0.717) is 0 Å². The van der Waals surface area contributed by atoms with Crippen LogP contribution in [0.5, 0.6) is 0 Å². The van der Waals surface area contributed by atoms with Crippen molar-refractivity contribution < 1.29 is 19.4 Å². The van der Waals surface area contributed by atoms with Crippen LogP contribution in [-0.4, -0.2) is 22.2 Å². The fourth-order valence-corrected chi connectivity index (χ4v) is 1.34. The molecule has 2 unspecified atom stereocenters. The maximum Gasteiger partial charge on any atom is 0.249 e. The highest BCUT2D eigenvalue weighted by Crippen LogP contribution is 2.20. The first-order valence-electron chi connectivity index (χ1n) is 4.78. The van der Waals surface area contributed by atoms with Crippen molar-refractivity contribution in [2.75, 3.05) is 0 Å². The molecule has 0 saturated carbocycles. The summed E-state index contributed by atoms with van der Waals surface area (Å²) in [6.45, 7) is 0. The van der Waals surface area contributed by atoms with Crippen molar-refractivity contribution in [2.24, 2.45) is 5.73 Å². The number of carbonyl (C=O) groups excluding carboxylic acids is 1. The second-order valence-corrected chi connectivity index (χ2v) is 3.48. The zero-order valence-corrected chi connectivity index (χ0v) is 8.80. The topological polar surface area (TPSA) is 107 Å². The monoisotopic (exact) mass is 238 g/mol. The van der Waals surface area contributed by atoms with Gasteiger partial charge in [-0.05, 0) is 17.7 Å². The highest BCUT2D eigenvalue weighted by molar-refractivity contribution is 5.79. The van der Waals surface area contributed by atoms with Crippen LogP contribution in [0.3, 0.4) is 0 Å². The van der Waals surface area contributed by atoms with Crippen LogP contribution in [0.15, 0.2) is 18.2 Å². The average molecular weight is 238 g/mol. The van der Waals surface area contributed by atoms with Gasteiger partial charge < -0.3 is 15.9 Å². The molecule has 90 valence electrons. The van der Waals surface area contributed by atoms with Gasteiger partial charge in [0.15, 0.2) is 6.10 Å². The van der Waals surface area contributed by atoms with Crippen molar-refractivity contribution in [1.82, 2.24) is 0 Å². The first-order valence-corrected chi connectivity index (χ1v) is 4.78. The molecule has 0 bridgehead atoms. The number of primary amides is 1. The zero-order chi connectivity index (χ0) is 13.0. The van der Waals surface area contributed by atoms with Crippen LogP contribution in [0, 0.1) is 17.1 Å². The Kier molecular flexibility index (Phi) is 4.15. The van der Waals surface area contributed by atoms with Crippen LogP contribution in [0.1, 0.15) is 17.2 Å². The standard InChI is InChI=1S/C11H11FN2O3/c12-8-2-1-7(5-6(8)3-4-13)9(15)10(16)11(14)17/h1-2,5,9-10,15-16H,3H2,(H2,14,17). The van der Waals surface area contributed by atoms with Crippen molar-refractivity contribution in [3.63, 3.8) is 0 Å². The number of aliphatic hydroxyl groups is 2. The summed E-state index contributed by atoms with van der Waals surface area (Å²) >= 11 is 0. The van der Waals surface area contributed by atoms with Crippen molar-refractivity contribution >= 4 is 5.91 Å². The van der Waals surface area contributed by atoms with E-state index in [1.54, 1.807) is 6.07 Å². The summed E-state index contributed by atoms with van der Waals surface area (Å²) in [5.41, 5.74) is 5.04. The summed E-state index contributed by atoms with van der Waals surface area (Å²) in [5.74, 6) is -1.67. The number of rotatable bonds is 4. The lowest BCUT2D eigenvalue weighted by Gasteiger charge is -2.15. The Bertz CT molecular complexity index is 470. The molecule has 17 heavy (non-hydrogen) atoms. The molecule has 2 atom stereocenters. The summed E-state index contributed by atoms with van der Waals surface area (Å²) in [5, 5.41) is 27.3. The first kappa shape index (κ1) is 13.1. The van der Waals surface area contributed by atoms with Gasteiger partial charge in [-0.1, -0.05) is 6.07 Å². The van der Waals surface area contributed by atoms with Crippen molar-refractivity contribution in [3.8, 4) is 6.07 Å². The predicted octanol–water partition coefficient (Wildman–Crippen LogP) is -0.229. The van der Waals surface area contributed by atoms with Crippen molar-refractivity contribution in [2.45, 2.75) is 18.6 Å². The molecule has 5 nitrogen and oxygen atoms in total. The van der Waals surface area contributed by atoms with Crippen molar-refractivity contribution in [3.05, 3.63) is 35.1 Å². The molecule has 1 aromatic rings. The van der Waals surface area contributed by atoms with Crippen LogP contribution in [0.25, 0.3) is 0 Å². The summed E-state index contributed by atoms with van der Waals surface area (Å²) in [7, 11) is 0. The minimum atomic E-state index is -1.77. The minimum Gasteiger partial charge on any atom is -0.385 e. The van der Waals surface area contributed by atoms with E-state index >= 15 is 0 Å². The minimum absolute atomic E-state index is 0.0840. The Morgan fingerprint density at radius 1 is 1.53 bits per heavy atom. The van der Waals surface area contributed by atoms with E-state index in [2.05, 4.69) is 0 Å². The Hall–Kier alpha value is -1.97. The molecule has 6 heteroatoms. The number of benzene rings is 1. The van der Waals surface area contributed by atoms with Crippen molar-refractivity contribution in [1.29, 1.82) is 5.26 Å². The molecule has 1 amide bonds. The van der Waals surface area contributed by atoms with E-state index in [1.807, 2.05) is 0 Å². The van der Waals surface area contributed by atoms with Gasteiger partial charge >= 0.3 is 0 Å². The maximum atomic E-state index is 13.2. The largest absolute Gasteiger partial charge is 0.385 e. The molecular formula is C11H11FN2O3. The number of hydrogen-bond acceptors (Lipinski definition) is 4. The third-order valence-electron chi connectivity index (χ3n) is 2.27. The van der Waals surface area contributed by atoms with Gasteiger partial charge in [-0.15, -0.1) is 0 Å². The number of nitriles is 1. The quantitative estimate of drug-likeness (QED) is 0.673. The smallest absolute Gasteiger partial charge is 0.249 e. The molecule has 0 fully saturated rings. The van der Waals surface area contributed by atoms with E-state index in [0.717, 1.165) is 6.07 Å². The second kappa shape index (κ2) is 5.39. The van der Waals surface area contributed by atoms with Crippen LogP contribution < -0.4 is 5.73 Å². The van der Waals surface area contributed by atoms with Gasteiger partial charge in [0.1, 0.15) is 11.9 Å². The van der Waals surface area contributed by atoms with E-state index in [-0.39, 0.29) is 17.5 Å². The number of halogens is 1. The van der Waals surface area contributed by atoms with Gasteiger partial charge in [0, 0.05) is 5.56 Å². The lowest BCUT2D eigenvalue weighted by molar-refractivity contribution is -0.131. The summed E-state index contributed by atoms with van der Waals surface area (Å²) < 4.78 is 13.2. The van der Waals surface area contributed by atoms with Crippen LogP contribution >= 0.6 is 0 Å². The fourth-order valence-electron chi connectivity index (χ4n) is 1.34. The number of nitrogens with zero attached hydrogens (tertiary/aromatic N) is 1. The number of aliphatic hydroxyl groups excluding tert-OH is 2. The number of nitrogens with two attached hydrogens (primary N) is 1. The molecule has 4 N–H and O–H groups in total. The highest BCUT2D eigenvalue weighted by atomic mass is 19.1. The van der Waals surface area contributed by atoms with Gasteiger partial charge in [-0.2, -0.15) is 5.26 Å². The number of hydrogen-bond donors (Lipinski definition) is 3. The summed E-state index contributed by atoms with van der Waals surface area (Å²) in [6, 6.07) is 5.25. The normalized spacial score (nSPS) is 13.8. The predicted molar refractivity (Wildman–Crippen MR) is 55.9 cm³/mol. The summed E-state index contributed by atoms with van der Waals surface area (Å²) in [6.07, 6.45) is -3.47. The molecule has 0 aliphatic rings. The Morgan fingerprint density at radius 3 is 2.71 bits per heavy atom. The maximum absolute atomic E-state index is 13.2. The lowest BCUT2D eigenvalue weighted by atomic mass is 10.0. The van der Waals surface area contributed by atoms with Gasteiger partial charge in [-0.25, -0.2) is 4.39 Å². The van der Waals surface area contributed by atoms with Crippen LogP contribution in [0.2, 0.25) is 0 Å². The van der Waals surface area contributed by atoms with E-state index < -0.39 is 23.9 Å². The zero-order valence-electron chi connectivity index (χ0n) is 8.80. The molecule has 0 heterocycles. The number of amides is 1. The molecule has 0 aliphatic heterocycles. The third kappa shape index (κ3) is 3.00. The second-order valence-electron chi connectivity index (χ2n) is 3.48. The van der Waals surface area contributed by atoms with Crippen LogP contribution in [-0.2, 0) is 11.2 Å².